The van der Waals surface area contributed by atoms with Crippen LogP contribution >= 0.6 is 0 Å². The summed E-state index contributed by atoms with van der Waals surface area (Å²) in [5.74, 6) is 4.12. The summed E-state index contributed by atoms with van der Waals surface area (Å²) in [4.78, 5) is 0. The highest BCUT2D eigenvalue weighted by atomic mass is 14.8. The van der Waals surface area contributed by atoms with Gasteiger partial charge in [-0.05, 0) is 94.7 Å². The average molecular weight is 515 g/mol. The van der Waals surface area contributed by atoms with Gasteiger partial charge in [-0.15, -0.1) is 0 Å². The largest absolute Gasteiger partial charge is 0.330 e. The fraction of sp³-hybridized carbons (Fsp3) is 0.886. The Labute approximate surface area is 233 Å². The lowest BCUT2D eigenvalue weighted by molar-refractivity contribution is 0.242. The van der Waals surface area contributed by atoms with Crippen molar-refractivity contribution in [2.45, 2.75) is 149 Å². The molecule has 0 spiro atoms. The highest BCUT2D eigenvalue weighted by molar-refractivity contribution is 5.27. The van der Waals surface area contributed by atoms with Crippen molar-refractivity contribution in [3.8, 4) is 0 Å². The molecule has 0 heterocycles. The second-order valence-electron chi connectivity index (χ2n) is 12.6. The quantitative estimate of drug-likeness (QED) is 0.105. The standard InChI is InChI=1S/C35H66N2/c1-4-6-8-15-22-32-29-35-33(28-31(32)20-7-5-2)25-24-30(21-16-11-10-14-19-27-37-3)34(35)23-17-12-9-13-18-26-36/h24-25,29-34,37H,4-23,26-28,36H2,1-3H3. The van der Waals surface area contributed by atoms with Gasteiger partial charge in [-0.3, -0.25) is 0 Å². The summed E-state index contributed by atoms with van der Waals surface area (Å²) < 4.78 is 0. The monoisotopic (exact) mass is 515 g/mol. The van der Waals surface area contributed by atoms with Gasteiger partial charge < -0.3 is 11.1 Å². The zero-order chi connectivity index (χ0) is 26.6. The summed E-state index contributed by atoms with van der Waals surface area (Å²) in [6.07, 6.45) is 37.5. The first kappa shape index (κ1) is 32.6. The van der Waals surface area contributed by atoms with Crippen molar-refractivity contribution in [2.75, 3.05) is 20.1 Å². The maximum absolute atomic E-state index is 5.73. The van der Waals surface area contributed by atoms with Crippen LogP contribution in [0.4, 0.5) is 0 Å². The number of nitrogens with two attached hydrogens (primary N) is 1. The molecular formula is C35H66N2. The zero-order valence-corrected chi connectivity index (χ0v) is 25.5. The van der Waals surface area contributed by atoms with Gasteiger partial charge in [-0.2, -0.15) is 0 Å². The Kier molecular flexibility index (Phi) is 18.7. The normalized spacial score (nSPS) is 25.3. The van der Waals surface area contributed by atoms with Gasteiger partial charge in [0, 0.05) is 0 Å². The fourth-order valence-corrected chi connectivity index (χ4v) is 7.24. The van der Waals surface area contributed by atoms with E-state index in [0.717, 1.165) is 36.1 Å². The first-order valence-electron chi connectivity index (χ1n) is 17.0. The molecule has 37 heavy (non-hydrogen) atoms. The van der Waals surface area contributed by atoms with Gasteiger partial charge in [-0.25, -0.2) is 0 Å². The van der Waals surface area contributed by atoms with Gasteiger partial charge in [0.2, 0.25) is 0 Å². The second-order valence-corrected chi connectivity index (χ2v) is 12.6. The summed E-state index contributed by atoms with van der Waals surface area (Å²) >= 11 is 0. The van der Waals surface area contributed by atoms with Crippen LogP contribution in [0.2, 0.25) is 0 Å². The highest BCUT2D eigenvalue weighted by Crippen LogP contribution is 2.48. The first-order valence-corrected chi connectivity index (χ1v) is 17.0. The Hall–Kier alpha value is -0.600. The summed E-state index contributed by atoms with van der Waals surface area (Å²) in [6.45, 7) is 6.75. The minimum Gasteiger partial charge on any atom is -0.330 e. The van der Waals surface area contributed by atoms with Crippen molar-refractivity contribution in [3.05, 3.63) is 23.8 Å². The summed E-state index contributed by atoms with van der Waals surface area (Å²) in [5.41, 5.74) is 7.62. The van der Waals surface area contributed by atoms with E-state index in [1.54, 1.807) is 0 Å². The molecule has 3 N–H and O–H groups in total. The molecule has 2 rings (SSSR count). The van der Waals surface area contributed by atoms with E-state index in [0.29, 0.717) is 0 Å². The van der Waals surface area contributed by atoms with Gasteiger partial charge in [0.05, 0.1) is 0 Å². The molecular weight excluding hydrogens is 448 g/mol. The topological polar surface area (TPSA) is 38.0 Å². The van der Waals surface area contributed by atoms with Crippen molar-refractivity contribution in [2.24, 2.45) is 35.3 Å². The van der Waals surface area contributed by atoms with Gasteiger partial charge in [-0.1, -0.05) is 128 Å². The number of unbranched alkanes of at least 4 members (excludes halogenated alkanes) is 12. The smallest absolute Gasteiger partial charge is 0.00172 e. The lowest BCUT2D eigenvalue weighted by Gasteiger charge is -2.42. The molecule has 0 aromatic rings. The van der Waals surface area contributed by atoms with Crippen LogP contribution in [0.25, 0.3) is 0 Å². The maximum atomic E-state index is 5.73. The van der Waals surface area contributed by atoms with E-state index in [-0.39, 0.29) is 0 Å². The molecule has 0 bridgehead atoms. The van der Waals surface area contributed by atoms with E-state index in [1.807, 2.05) is 5.57 Å². The molecule has 0 saturated heterocycles. The molecule has 5 unspecified atom stereocenters. The molecule has 0 fully saturated rings. The third-order valence-electron chi connectivity index (χ3n) is 9.54. The Balaban J connectivity index is 2.04. The third-order valence-corrected chi connectivity index (χ3v) is 9.54. The van der Waals surface area contributed by atoms with Gasteiger partial charge in [0.25, 0.3) is 0 Å². The number of rotatable bonds is 23. The SMILES string of the molecule is CCCCCCC1C=C2C(C=CC(CCCCCCCNC)C2CCCCCCCN)CC1CCCC. The predicted octanol–water partition coefficient (Wildman–Crippen LogP) is 9.99. The molecule has 0 saturated carbocycles. The molecule has 0 aromatic heterocycles. The van der Waals surface area contributed by atoms with Gasteiger partial charge in [0.1, 0.15) is 0 Å². The number of allylic oxidation sites excluding steroid dienone is 4. The third kappa shape index (κ3) is 12.9. The molecule has 216 valence electrons. The lowest BCUT2D eigenvalue weighted by atomic mass is 9.63. The summed E-state index contributed by atoms with van der Waals surface area (Å²) in [5, 5.41) is 3.29. The van der Waals surface area contributed by atoms with Crippen LogP contribution in [0.5, 0.6) is 0 Å². The molecule has 2 heteroatoms. The Morgan fingerprint density at radius 3 is 2.00 bits per heavy atom. The van der Waals surface area contributed by atoms with E-state index in [2.05, 4.69) is 44.4 Å². The van der Waals surface area contributed by atoms with Crippen molar-refractivity contribution in [3.63, 3.8) is 0 Å². The number of nitrogens with one attached hydrogen (secondary N) is 1. The van der Waals surface area contributed by atoms with Crippen LogP contribution in [-0.4, -0.2) is 20.1 Å². The fourth-order valence-electron chi connectivity index (χ4n) is 7.24. The molecule has 2 aliphatic carbocycles. The van der Waals surface area contributed by atoms with E-state index >= 15 is 0 Å². The molecule has 2 aliphatic rings. The minimum absolute atomic E-state index is 0.744. The lowest BCUT2D eigenvalue weighted by Crippen LogP contribution is -2.31. The molecule has 5 atom stereocenters. The first-order chi connectivity index (χ1) is 18.2. The minimum atomic E-state index is 0.744. The molecule has 0 amide bonds. The van der Waals surface area contributed by atoms with Crippen molar-refractivity contribution in [1.82, 2.24) is 5.32 Å². The zero-order valence-electron chi connectivity index (χ0n) is 25.5. The van der Waals surface area contributed by atoms with E-state index in [4.69, 9.17) is 5.73 Å². The van der Waals surface area contributed by atoms with Crippen molar-refractivity contribution in [1.29, 1.82) is 0 Å². The predicted molar refractivity (Wildman–Crippen MR) is 166 cm³/mol. The van der Waals surface area contributed by atoms with Crippen LogP contribution < -0.4 is 11.1 Å². The second kappa shape index (κ2) is 21.2. The van der Waals surface area contributed by atoms with E-state index in [9.17, 15) is 0 Å². The summed E-state index contributed by atoms with van der Waals surface area (Å²) in [7, 11) is 2.07. The number of hydrogen-bond donors (Lipinski definition) is 2. The maximum Gasteiger partial charge on any atom is -0.00172 e. The van der Waals surface area contributed by atoms with Crippen LogP contribution in [-0.2, 0) is 0 Å². The van der Waals surface area contributed by atoms with E-state index in [1.165, 1.54) is 141 Å². The highest BCUT2D eigenvalue weighted by Gasteiger charge is 2.36. The van der Waals surface area contributed by atoms with Gasteiger partial charge in [0.15, 0.2) is 0 Å². The Morgan fingerprint density at radius 2 is 1.30 bits per heavy atom. The molecule has 0 aliphatic heterocycles. The average Bonchev–Trinajstić information content (AvgIpc) is 2.91. The van der Waals surface area contributed by atoms with Gasteiger partial charge >= 0.3 is 0 Å². The van der Waals surface area contributed by atoms with Crippen molar-refractivity contribution >= 4 is 0 Å². The van der Waals surface area contributed by atoms with Crippen molar-refractivity contribution < 1.29 is 0 Å². The molecule has 0 aromatic carbocycles. The Morgan fingerprint density at radius 1 is 0.676 bits per heavy atom. The van der Waals surface area contributed by atoms with Crippen LogP contribution in [0.1, 0.15) is 149 Å². The van der Waals surface area contributed by atoms with Crippen LogP contribution in [0, 0.1) is 29.6 Å². The van der Waals surface area contributed by atoms with Crippen LogP contribution in [0.3, 0.4) is 0 Å². The molecule has 0 radical (unpaired) electrons. The molecule has 2 nitrogen and oxygen atoms in total. The number of fused-ring (bicyclic) bond motifs is 1. The number of hydrogen-bond acceptors (Lipinski definition) is 2. The Bertz CT molecular complexity index is 594. The van der Waals surface area contributed by atoms with E-state index < -0.39 is 0 Å². The van der Waals surface area contributed by atoms with Crippen LogP contribution in [0.15, 0.2) is 23.8 Å². The summed E-state index contributed by atoms with van der Waals surface area (Å²) in [6, 6.07) is 0.